The molecule has 0 radical (unpaired) electrons. The molecule has 1 aromatic rings. The lowest BCUT2D eigenvalue weighted by Gasteiger charge is -2.11. The van der Waals surface area contributed by atoms with E-state index in [1.165, 1.54) is 0 Å². The van der Waals surface area contributed by atoms with Gasteiger partial charge in [0.25, 0.3) is 0 Å². The van der Waals surface area contributed by atoms with Crippen LogP contribution in [0.3, 0.4) is 0 Å². The van der Waals surface area contributed by atoms with E-state index < -0.39 is 0 Å². The second-order valence-electron chi connectivity index (χ2n) is 3.94. The molecule has 19 heavy (non-hydrogen) atoms. The standard InChI is InChI=1S/C13H19ClN2O2S/c1-17-7-8-18-6-2-5-16-12-4-3-10(14)9-11(12)13(15)19/h3-4,9,16H,2,5-8H2,1H3,(H2,15,19). The molecule has 0 aromatic heterocycles. The summed E-state index contributed by atoms with van der Waals surface area (Å²) >= 11 is 10.9. The Hall–Kier alpha value is -0.880. The smallest absolute Gasteiger partial charge is 0.106 e. The predicted octanol–water partition coefficient (Wildman–Crippen LogP) is 2.44. The van der Waals surface area contributed by atoms with Crippen molar-refractivity contribution in [3.05, 3.63) is 28.8 Å². The van der Waals surface area contributed by atoms with Crippen LogP contribution in [0.25, 0.3) is 0 Å². The first-order valence-electron chi connectivity index (χ1n) is 6.05. The van der Waals surface area contributed by atoms with Crippen molar-refractivity contribution in [3.63, 3.8) is 0 Å². The Morgan fingerprint density at radius 2 is 2.16 bits per heavy atom. The summed E-state index contributed by atoms with van der Waals surface area (Å²) in [5.74, 6) is 0. The van der Waals surface area contributed by atoms with Crippen LogP contribution < -0.4 is 11.1 Å². The van der Waals surface area contributed by atoms with Crippen molar-refractivity contribution in [1.29, 1.82) is 0 Å². The highest BCUT2D eigenvalue weighted by Crippen LogP contribution is 2.20. The number of benzene rings is 1. The Labute approximate surface area is 124 Å². The van der Waals surface area contributed by atoms with Crippen molar-refractivity contribution in [2.24, 2.45) is 5.73 Å². The van der Waals surface area contributed by atoms with Crippen LogP contribution in [0.5, 0.6) is 0 Å². The number of halogens is 1. The Morgan fingerprint density at radius 1 is 1.37 bits per heavy atom. The van der Waals surface area contributed by atoms with Crippen molar-refractivity contribution in [2.45, 2.75) is 6.42 Å². The number of rotatable bonds is 9. The molecule has 0 unspecified atom stereocenters. The van der Waals surface area contributed by atoms with Gasteiger partial charge in [-0.1, -0.05) is 23.8 Å². The number of nitrogens with two attached hydrogens (primary N) is 1. The molecule has 0 amide bonds. The number of nitrogens with one attached hydrogen (secondary N) is 1. The van der Waals surface area contributed by atoms with Gasteiger partial charge in [0.15, 0.2) is 0 Å². The molecule has 0 saturated carbocycles. The van der Waals surface area contributed by atoms with Gasteiger partial charge >= 0.3 is 0 Å². The zero-order valence-electron chi connectivity index (χ0n) is 10.9. The maximum atomic E-state index is 5.92. The summed E-state index contributed by atoms with van der Waals surface area (Å²) < 4.78 is 10.3. The molecule has 0 saturated heterocycles. The quantitative estimate of drug-likeness (QED) is 0.542. The molecule has 4 nitrogen and oxygen atoms in total. The fraction of sp³-hybridized carbons (Fsp3) is 0.462. The molecule has 3 N–H and O–H groups in total. The summed E-state index contributed by atoms with van der Waals surface area (Å²) in [5.41, 5.74) is 7.33. The van der Waals surface area contributed by atoms with E-state index in [9.17, 15) is 0 Å². The van der Waals surface area contributed by atoms with Gasteiger partial charge in [0.1, 0.15) is 4.99 Å². The van der Waals surface area contributed by atoms with Gasteiger partial charge in [-0.2, -0.15) is 0 Å². The molecule has 0 bridgehead atoms. The normalized spacial score (nSPS) is 10.4. The van der Waals surface area contributed by atoms with Crippen molar-refractivity contribution in [1.82, 2.24) is 0 Å². The third kappa shape index (κ3) is 6.20. The van der Waals surface area contributed by atoms with Crippen LogP contribution in [-0.2, 0) is 9.47 Å². The lowest BCUT2D eigenvalue weighted by atomic mass is 10.1. The zero-order valence-corrected chi connectivity index (χ0v) is 12.5. The minimum atomic E-state index is 0.335. The Kier molecular flexibility index (Phi) is 7.74. The summed E-state index contributed by atoms with van der Waals surface area (Å²) in [6.07, 6.45) is 0.892. The highest BCUT2D eigenvalue weighted by molar-refractivity contribution is 7.80. The second-order valence-corrected chi connectivity index (χ2v) is 4.82. The highest BCUT2D eigenvalue weighted by Gasteiger charge is 2.05. The van der Waals surface area contributed by atoms with E-state index in [0.29, 0.717) is 29.8 Å². The Morgan fingerprint density at radius 3 is 2.84 bits per heavy atom. The van der Waals surface area contributed by atoms with Crippen molar-refractivity contribution < 1.29 is 9.47 Å². The number of hydrogen-bond donors (Lipinski definition) is 2. The van der Waals surface area contributed by atoms with Gasteiger partial charge in [0, 0.05) is 36.5 Å². The SMILES string of the molecule is COCCOCCCNc1ccc(Cl)cc1C(N)=S. The molecule has 0 aliphatic heterocycles. The maximum absolute atomic E-state index is 5.92. The lowest BCUT2D eigenvalue weighted by molar-refractivity contribution is 0.0705. The van der Waals surface area contributed by atoms with Crippen LogP contribution in [0.1, 0.15) is 12.0 Å². The number of methoxy groups -OCH3 is 1. The lowest BCUT2D eigenvalue weighted by Crippen LogP contribution is -2.14. The van der Waals surface area contributed by atoms with Crippen LogP contribution in [0.2, 0.25) is 5.02 Å². The van der Waals surface area contributed by atoms with Gasteiger partial charge in [0.05, 0.1) is 13.2 Å². The van der Waals surface area contributed by atoms with Crippen LogP contribution in [0, 0.1) is 0 Å². The van der Waals surface area contributed by atoms with Gasteiger partial charge in [-0.3, -0.25) is 0 Å². The van der Waals surface area contributed by atoms with Crippen LogP contribution in [0.15, 0.2) is 18.2 Å². The van der Waals surface area contributed by atoms with E-state index in [4.69, 9.17) is 39.0 Å². The molecule has 0 aliphatic carbocycles. The average Bonchev–Trinajstić information content (AvgIpc) is 2.39. The largest absolute Gasteiger partial charge is 0.389 e. The van der Waals surface area contributed by atoms with E-state index in [1.807, 2.05) is 6.07 Å². The van der Waals surface area contributed by atoms with Crippen molar-refractivity contribution >= 4 is 34.5 Å². The molecule has 0 fully saturated rings. The maximum Gasteiger partial charge on any atom is 0.106 e. The topological polar surface area (TPSA) is 56.5 Å². The molecule has 0 spiro atoms. The average molecular weight is 303 g/mol. The van der Waals surface area contributed by atoms with E-state index in [0.717, 1.165) is 24.2 Å². The van der Waals surface area contributed by atoms with Gasteiger partial charge in [-0.25, -0.2) is 0 Å². The van der Waals surface area contributed by atoms with Gasteiger partial charge in [-0.15, -0.1) is 0 Å². The van der Waals surface area contributed by atoms with Gasteiger partial charge in [0.2, 0.25) is 0 Å². The molecule has 1 rings (SSSR count). The molecule has 0 aliphatic rings. The molecular formula is C13H19ClN2O2S. The number of ether oxygens (including phenoxy) is 2. The summed E-state index contributed by atoms with van der Waals surface area (Å²) in [6, 6.07) is 5.45. The second kappa shape index (κ2) is 9.09. The van der Waals surface area contributed by atoms with Gasteiger partial charge in [-0.05, 0) is 24.6 Å². The molecule has 0 heterocycles. The first-order chi connectivity index (χ1) is 9.15. The van der Waals surface area contributed by atoms with E-state index in [-0.39, 0.29) is 0 Å². The fourth-order valence-corrected chi connectivity index (χ4v) is 1.86. The Balaban J connectivity index is 2.35. The van der Waals surface area contributed by atoms with Crippen LogP contribution in [-0.4, -0.2) is 38.5 Å². The summed E-state index contributed by atoms with van der Waals surface area (Å²) in [7, 11) is 1.66. The minimum absolute atomic E-state index is 0.335. The molecule has 0 atom stereocenters. The monoisotopic (exact) mass is 302 g/mol. The number of thiocarbonyl (C=S) groups is 1. The fourth-order valence-electron chi connectivity index (χ4n) is 1.52. The van der Waals surface area contributed by atoms with Crippen LogP contribution in [0.4, 0.5) is 5.69 Å². The van der Waals surface area contributed by atoms with Crippen molar-refractivity contribution in [2.75, 3.05) is 38.8 Å². The Bertz CT molecular complexity index is 416. The molecule has 6 heteroatoms. The molecule has 1 aromatic carbocycles. The van der Waals surface area contributed by atoms with Crippen molar-refractivity contribution in [3.8, 4) is 0 Å². The summed E-state index contributed by atoms with van der Waals surface area (Å²) in [4.78, 5) is 0.335. The zero-order chi connectivity index (χ0) is 14.1. The highest BCUT2D eigenvalue weighted by atomic mass is 35.5. The molecular weight excluding hydrogens is 284 g/mol. The first kappa shape index (κ1) is 16.2. The number of hydrogen-bond acceptors (Lipinski definition) is 4. The minimum Gasteiger partial charge on any atom is -0.389 e. The molecule has 106 valence electrons. The summed E-state index contributed by atoms with van der Waals surface area (Å²) in [5, 5.41) is 3.90. The summed E-state index contributed by atoms with van der Waals surface area (Å²) in [6.45, 7) is 2.71. The van der Waals surface area contributed by atoms with Crippen LogP contribution >= 0.6 is 23.8 Å². The van der Waals surface area contributed by atoms with E-state index >= 15 is 0 Å². The first-order valence-corrected chi connectivity index (χ1v) is 6.83. The predicted molar refractivity (Wildman–Crippen MR) is 83.1 cm³/mol. The van der Waals surface area contributed by atoms with E-state index in [2.05, 4.69) is 5.32 Å². The number of anilines is 1. The third-order valence-electron chi connectivity index (χ3n) is 2.46. The van der Waals surface area contributed by atoms with E-state index in [1.54, 1.807) is 19.2 Å². The van der Waals surface area contributed by atoms with Gasteiger partial charge < -0.3 is 20.5 Å². The third-order valence-corrected chi connectivity index (χ3v) is 2.91.